The van der Waals surface area contributed by atoms with Crippen LogP contribution in [-0.2, 0) is 6.18 Å². The lowest BCUT2D eigenvalue weighted by molar-refractivity contribution is -0.136. The molecule has 21 heavy (non-hydrogen) atoms. The summed E-state index contributed by atoms with van der Waals surface area (Å²) >= 11 is 0. The molecule has 1 aliphatic heterocycles. The monoisotopic (exact) mass is 295 g/mol. The Kier molecular flexibility index (Phi) is 3.16. The predicted octanol–water partition coefficient (Wildman–Crippen LogP) is 3.73. The van der Waals surface area contributed by atoms with E-state index in [-0.39, 0.29) is 5.69 Å². The maximum Gasteiger partial charge on any atom is 0.418 e. The number of anilines is 1. The van der Waals surface area contributed by atoms with Gasteiger partial charge in [-0.2, -0.15) is 13.2 Å². The second-order valence-electron chi connectivity index (χ2n) is 4.66. The molecule has 0 atom stereocenters. The molecule has 0 spiro atoms. The van der Waals surface area contributed by atoms with Crippen molar-refractivity contribution in [3.05, 3.63) is 42.0 Å². The fourth-order valence-corrected chi connectivity index (χ4v) is 2.20. The number of nitrogens with two attached hydrogens (primary N) is 1. The molecule has 110 valence electrons. The summed E-state index contributed by atoms with van der Waals surface area (Å²) in [6, 6.07) is 8.90. The molecule has 0 aromatic heterocycles. The minimum atomic E-state index is -4.48. The summed E-state index contributed by atoms with van der Waals surface area (Å²) in [5, 5.41) is 0. The Morgan fingerprint density at radius 3 is 2.19 bits per heavy atom. The van der Waals surface area contributed by atoms with Crippen molar-refractivity contribution in [2.75, 3.05) is 18.9 Å². The van der Waals surface area contributed by atoms with E-state index in [4.69, 9.17) is 15.2 Å². The molecule has 2 aromatic carbocycles. The summed E-state index contributed by atoms with van der Waals surface area (Å²) in [6.07, 6.45) is -4.48. The third kappa shape index (κ3) is 2.61. The van der Waals surface area contributed by atoms with Gasteiger partial charge in [0.1, 0.15) is 13.2 Å². The lowest BCUT2D eigenvalue weighted by Gasteiger charge is -2.19. The molecule has 0 saturated heterocycles. The molecule has 2 N–H and O–H groups in total. The largest absolute Gasteiger partial charge is 0.486 e. The molecule has 0 fully saturated rings. The van der Waals surface area contributed by atoms with Gasteiger partial charge >= 0.3 is 6.18 Å². The van der Waals surface area contributed by atoms with Crippen LogP contribution in [0, 0.1) is 0 Å². The molecule has 2 aromatic rings. The van der Waals surface area contributed by atoms with Crippen molar-refractivity contribution in [3.8, 4) is 22.6 Å². The summed E-state index contributed by atoms with van der Waals surface area (Å²) in [6.45, 7) is 0.887. The number of ether oxygens (including phenoxy) is 2. The Labute approximate surface area is 119 Å². The fraction of sp³-hybridized carbons (Fsp3) is 0.200. The minimum Gasteiger partial charge on any atom is -0.486 e. The van der Waals surface area contributed by atoms with Gasteiger partial charge in [-0.15, -0.1) is 0 Å². The predicted molar refractivity (Wildman–Crippen MR) is 72.3 cm³/mol. The van der Waals surface area contributed by atoms with Gasteiger partial charge in [0, 0.05) is 5.69 Å². The standard InChI is InChI=1S/C15H12F3NO2/c16-15(17,18)11-7-9(1-3-12(11)19)10-2-4-13-14(8-10)21-6-5-20-13/h1-4,7-8H,5-6,19H2. The third-order valence-electron chi connectivity index (χ3n) is 3.23. The van der Waals surface area contributed by atoms with Crippen molar-refractivity contribution >= 4 is 5.69 Å². The van der Waals surface area contributed by atoms with Gasteiger partial charge in [-0.05, 0) is 35.4 Å². The first kappa shape index (κ1) is 13.6. The van der Waals surface area contributed by atoms with Crippen LogP contribution in [0.4, 0.5) is 18.9 Å². The van der Waals surface area contributed by atoms with Gasteiger partial charge in [0.2, 0.25) is 0 Å². The van der Waals surface area contributed by atoms with Gasteiger partial charge in [0.05, 0.1) is 5.56 Å². The normalized spacial score (nSPS) is 14.0. The van der Waals surface area contributed by atoms with Crippen molar-refractivity contribution in [1.29, 1.82) is 0 Å². The molecule has 3 nitrogen and oxygen atoms in total. The van der Waals surface area contributed by atoms with Crippen LogP contribution in [0.3, 0.4) is 0 Å². The van der Waals surface area contributed by atoms with Crippen molar-refractivity contribution < 1.29 is 22.6 Å². The number of hydrogen-bond donors (Lipinski definition) is 1. The smallest absolute Gasteiger partial charge is 0.418 e. The van der Waals surface area contributed by atoms with Crippen LogP contribution in [0.25, 0.3) is 11.1 Å². The minimum absolute atomic E-state index is 0.288. The first-order valence-electron chi connectivity index (χ1n) is 6.32. The van der Waals surface area contributed by atoms with Crippen LogP contribution in [0.15, 0.2) is 36.4 Å². The van der Waals surface area contributed by atoms with Crippen molar-refractivity contribution in [3.63, 3.8) is 0 Å². The Morgan fingerprint density at radius 1 is 0.857 bits per heavy atom. The molecule has 0 bridgehead atoms. The highest BCUT2D eigenvalue weighted by atomic mass is 19.4. The van der Waals surface area contributed by atoms with Gasteiger partial charge in [-0.25, -0.2) is 0 Å². The van der Waals surface area contributed by atoms with Gasteiger partial charge < -0.3 is 15.2 Å². The number of rotatable bonds is 1. The highest BCUT2D eigenvalue weighted by Gasteiger charge is 2.33. The number of fused-ring (bicyclic) bond motifs is 1. The number of halogens is 3. The first-order valence-corrected chi connectivity index (χ1v) is 6.32. The quantitative estimate of drug-likeness (QED) is 0.815. The van der Waals surface area contributed by atoms with Gasteiger partial charge in [-0.3, -0.25) is 0 Å². The molecule has 3 rings (SSSR count). The lowest BCUT2D eigenvalue weighted by atomic mass is 10.0. The number of alkyl halides is 3. The maximum atomic E-state index is 12.9. The number of nitrogen functional groups attached to an aromatic ring is 1. The summed E-state index contributed by atoms with van der Waals surface area (Å²) in [5.41, 5.74) is 5.31. The molecular weight excluding hydrogens is 283 g/mol. The Balaban J connectivity index is 2.05. The lowest BCUT2D eigenvalue weighted by Crippen LogP contribution is -2.15. The maximum absolute atomic E-state index is 12.9. The molecular formula is C15H12F3NO2. The molecule has 0 saturated carbocycles. The molecule has 1 heterocycles. The Hall–Kier alpha value is -2.37. The average molecular weight is 295 g/mol. The summed E-state index contributed by atoms with van der Waals surface area (Å²) in [5.74, 6) is 1.13. The van der Waals surface area contributed by atoms with E-state index in [1.54, 1.807) is 24.3 Å². The topological polar surface area (TPSA) is 44.5 Å². The first-order chi connectivity index (χ1) is 9.95. The van der Waals surface area contributed by atoms with E-state index in [1.807, 2.05) is 0 Å². The third-order valence-corrected chi connectivity index (χ3v) is 3.23. The zero-order chi connectivity index (χ0) is 15.0. The fourth-order valence-electron chi connectivity index (χ4n) is 2.20. The van der Waals surface area contributed by atoms with Crippen LogP contribution in [-0.4, -0.2) is 13.2 Å². The van der Waals surface area contributed by atoms with E-state index in [0.29, 0.717) is 35.8 Å². The van der Waals surface area contributed by atoms with Crippen molar-refractivity contribution in [1.82, 2.24) is 0 Å². The van der Waals surface area contributed by atoms with Gasteiger partial charge in [0.15, 0.2) is 11.5 Å². The molecule has 0 radical (unpaired) electrons. The van der Waals surface area contributed by atoms with Crippen LogP contribution >= 0.6 is 0 Å². The van der Waals surface area contributed by atoms with E-state index >= 15 is 0 Å². The molecule has 1 aliphatic rings. The highest BCUT2D eigenvalue weighted by molar-refractivity contribution is 5.70. The highest BCUT2D eigenvalue weighted by Crippen LogP contribution is 2.38. The van der Waals surface area contributed by atoms with Gasteiger partial charge in [0.25, 0.3) is 0 Å². The van der Waals surface area contributed by atoms with Crippen LogP contribution in [0.5, 0.6) is 11.5 Å². The van der Waals surface area contributed by atoms with E-state index in [2.05, 4.69) is 0 Å². The Morgan fingerprint density at radius 2 is 1.48 bits per heavy atom. The summed E-state index contributed by atoms with van der Waals surface area (Å²) in [4.78, 5) is 0. The van der Waals surface area contributed by atoms with Gasteiger partial charge in [-0.1, -0.05) is 12.1 Å². The number of hydrogen-bond acceptors (Lipinski definition) is 3. The second-order valence-corrected chi connectivity index (χ2v) is 4.66. The molecule has 0 unspecified atom stereocenters. The van der Waals surface area contributed by atoms with Crippen molar-refractivity contribution in [2.45, 2.75) is 6.18 Å². The number of benzene rings is 2. The van der Waals surface area contributed by atoms with E-state index in [1.165, 1.54) is 6.07 Å². The molecule has 0 amide bonds. The molecule has 6 heteroatoms. The summed E-state index contributed by atoms with van der Waals surface area (Å²) < 4.78 is 49.5. The van der Waals surface area contributed by atoms with Crippen LogP contribution in [0.2, 0.25) is 0 Å². The van der Waals surface area contributed by atoms with E-state index in [9.17, 15) is 13.2 Å². The zero-order valence-electron chi connectivity index (χ0n) is 10.9. The van der Waals surface area contributed by atoms with E-state index < -0.39 is 11.7 Å². The summed E-state index contributed by atoms with van der Waals surface area (Å²) in [7, 11) is 0. The van der Waals surface area contributed by atoms with Crippen LogP contribution in [0.1, 0.15) is 5.56 Å². The average Bonchev–Trinajstić information content (AvgIpc) is 2.46. The molecule has 0 aliphatic carbocycles. The van der Waals surface area contributed by atoms with Crippen molar-refractivity contribution in [2.24, 2.45) is 0 Å². The second kappa shape index (κ2) is 4.87. The SMILES string of the molecule is Nc1ccc(-c2ccc3c(c2)OCCO3)cc1C(F)(F)F. The Bertz CT molecular complexity index is 683. The van der Waals surface area contributed by atoms with Crippen LogP contribution < -0.4 is 15.2 Å². The zero-order valence-corrected chi connectivity index (χ0v) is 10.9. The van der Waals surface area contributed by atoms with E-state index in [0.717, 1.165) is 6.07 Å².